The lowest BCUT2D eigenvalue weighted by atomic mass is 9.97. The van der Waals surface area contributed by atoms with Gasteiger partial charge in [0.15, 0.2) is 6.10 Å². The highest BCUT2D eigenvalue weighted by molar-refractivity contribution is 7.92. The Labute approximate surface area is 172 Å². The molecule has 158 valence electrons. The first-order valence-corrected chi connectivity index (χ1v) is 11.9. The number of hydrogen-bond acceptors (Lipinski definition) is 5. The SMILES string of the molecule is C[C@H](OC(=O)c1ccc2c(c1)CCN2S(C)(=O)=O)C(=O)NCCC1=CCCCC1. The normalized spacial score (nSPS) is 17.3. The molecule has 1 aliphatic heterocycles. The highest BCUT2D eigenvalue weighted by Gasteiger charge is 2.27. The molecule has 0 unspecified atom stereocenters. The number of fused-ring (bicyclic) bond motifs is 1. The Bertz CT molecular complexity index is 923. The van der Waals surface area contributed by atoms with Crippen LogP contribution in [0.1, 0.15) is 54.9 Å². The van der Waals surface area contributed by atoms with Gasteiger partial charge in [-0.1, -0.05) is 11.6 Å². The average molecular weight is 421 g/mol. The van der Waals surface area contributed by atoms with Crippen LogP contribution in [0.2, 0.25) is 0 Å². The number of nitrogens with zero attached hydrogens (tertiary/aromatic N) is 1. The molecule has 7 nitrogen and oxygen atoms in total. The van der Waals surface area contributed by atoms with Crippen molar-refractivity contribution < 1.29 is 22.7 Å². The molecule has 1 heterocycles. The summed E-state index contributed by atoms with van der Waals surface area (Å²) >= 11 is 0. The van der Waals surface area contributed by atoms with E-state index in [1.807, 2.05) is 0 Å². The lowest BCUT2D eigenvalue weighted by molar-refractivity contribution is -0.129. The Kier molecular flexibility index (Phi) is 6.62. The zero-order valence-electron chi connectivity index (χ0n) is 16.9. The van der Waals surface area contributed by atoms with Gasteiger partial charge in [-0.2, -0.15) is 0 Å². The molecule has 0 radical (unpaired) electrons. The maximum absolute atomic E-state index is 12.4. The van der Waals surface area contributed by atoms with Crippen molar-refractivity contribution in [1.29, 1.82) is 0 Å². The quantitative estimate of drug-likeness (QED) is 0.541. The minimum Gasteiger partial charge on any atom is -0.449 e. The number of amides is 1. The van der Waals surface area contributed by atoms with Gasteiger partial charge < -0.3 is 10.1 Å². The summed E-state index contributed by atoms with van der Waals surface area (Å²) in [6.07, 6.45) is 8.52. The second kappa shape index (κ2) is 8.98. The molecule has 0 spiro atoms. The summed E-state index contributed by atoms with van der Waals surface area (Å²) in [7, 11) is -3.34. The molecular formula is C21H28N2O5S. The molecule has 1 N–H and O–H groups in total. The summed E-state index contributed by atoms with van der Waals surface area (Å²) in [5, 5.41) is 2.82. The molecule has 0 bridgehead atoms. The number of ether oxygens (including phenoxy) is 1. The number of hydrogen-bond donors (Lipinski definition) is 1. The highest BCUT2D eigenvalue weighted by atomic mass is 32.2. The number of sulfonamides is 1. The van der Waals surface area contributed by atoms with Gasteiger partial charge >= 0.3 is 5.97 Å². The molecular weight excluding hydrogens is 392 g/mol. The van der Waals surface area contributed by atoms with E-state index >= 15 is 0 Å². The zero-order valence-corrected chi connectivity index (χ0v) is 17.8. The van der Waals surface area contributed by atoms with Crippen LogP contribution >= 0.6 is 0 Å². The van der Waals surface area contributed by atoms with Crippen LogP contribution in [0, 0.1) is 0 Å². The van der Waals surface area contributed by atoms with E-state index in [1.165, 1.54) is 28.8 Å². The van der Waals surface area contributed by atoms with Crippen LogP contribution in [0.15, 0.2) is 29.8 Å². The third-order valence-corrected chi connectivity index (χ3v) is 6.53. The van der Waals surface area contributed by atoms with Crippen LogP contribution < -0.4 is 9.62 Å². The molecule has 0 aromatic heterocycles. The minimum absolute atomic E-state index is 0.311. The zero-order chi connectivity index (χ0) is 21.0. The molecule has 1 atom stereocenters. The van der Waals surface area contributed by atoms with Crippen LogP contribution in [0.5, 0.6) is 0 Å². The number of esters is 1. The molecule has 0 saturated carbocycles. The fourth-order valence-electron chi connectivity index (χ4n) is 3.75. The molecule has 0 fully saturated rings. The van der Waals surface area contributed by atoms with Crippen molar-refractivity contribution in [3.8, 4) is 0 Å². The Morgan fingerprint density at radius 1 is 1.24 bits per heavy atom. The van der Waals surface area contributed by atoms with E-state index < -0.39 is 22.1 Å². The summed E-state index contributed by atoms with van der Waals surface area (Å²) in [4.78, 5) is 24.6. The van der Waals surface area contributed by atoms with Gasteiger partial charge in [-0.15, -0.1) is 0 Å². The Hall–Kier alpha value is -2.35. The second-order valence-electron chi connectivity index (χ2n) is 7.63. The van der Waals surface area contributed by atoms with Crippen molar-refractivity contribution in [3.05, 3.63) is 41.0 Å². The topological polar surface area (TPSA) is 92.8 Å². The fourth-order valence-corrected chi connectivity index (χ4v) is 4.71. The molecule has 1 aliphatic carbocycles. The van der Waals surface area contributed by atoms with Gasteiger partial charge in [0.25, 0.3) is 5.91 Å². The molecule has 2 aliphatic rings. The van der Waals surface area contributed by atoms with Crippen LogP contribution in [-0.4, -0.2) is 45.7 Å². The highest BCUT2D eigenvalue weighted by Crippen LogP contribution is 2.31. The third-order valence-electron chi connectivity index (χ3n) is 5.35. The molecule has 3 rings (SSSR count). The lowest BCUT2D eigenvalue weighted by Crippen LogP contribution is -2.36. The van der Waals surface area contributed by atoms with E-state index in [0.29, 0.717) is 30.8 Å². The monoisotopic (exact) mass is 420 g/mol. The summed E-state index contributed by atoms with van der Waals surface area (Å²) in [5.41, 5.74) is 3.06. The molecule has 0 saturated heterocycles. The van der Waals surface area contributed by atoms with E-state index in [2.05, 4.69) is 11.4 Å². The summed E-state index contributed by atoms with van der Waals surface area (Å²) < 4.78 is 30.2. The van der Waals surface area contributed by atoms with Crippen LogP contribution in [0.25, 0.3) is 0 Å². The van der Waals surface area contributed by atoms with E-state index in [0.717, 1.165) is 31.1 Å². The number of benzene rings is 1. The van der Waals surface area contributed by atoms with Crippen molar-refractivity contribution in [1.82, 2.24) is 5.32 Å². The van der Waals surface area contributed by atoms with Crippen molar-refractivity contribution in [2.75, 3.05) is 23.7 Å². The smallest absolute Gasteiger partial charge is 0.338 e. The maximum atomic E-state index is 12.4. The van der Waals surface area contributed by atoms with Gasteiger partial charge in [0.2, 0.25) is 10.0 Å². The number of carbonyl (C=O) groups excluding carboxylic acids is 2. The predicted octanol–water partition coefficient (Wildman–Crippen LogP) is 2.56. The Morgan fingerprint density at radius 3 is 2.72 bits per heavy atom. The number of anilines is 1. The summed E-state index contributed by atoms with van der Waals surface area (Å²) in [6.45, 7) is 2.44. The Morgan fingerprint density at radius 2 is 2.03 bits per heavy atom. The van der Waals surface area contributed by atoms with Gasteiger partial charge in [0.1, 0.15) is 0 Å². The standard InChI is InChI=1S/C21H28N2O5S/c1-15(20(24)22-12-10-16-6-4-3-5-7-16)28-21(25)18-8-9-19-17(14-18)11-13-23(19)29(2,26)27/h6,8-9,14-15H,3-5,7,10-13H2,1-2H3,(H,22,24)/t15-/m0/s1. The van der Waals surface area contributed by atoms with Crippen LogP contribution in [-0.2, 0) is 26.0 Å². The summed E-state index contributed by atoms with van der Waals surface area (Å²) in [6, 6.07) is 4.79. The largest absolute Gasteiger partial charge is 0.449 e. The molecule has 29 heavy (non-hydrogen) atoms. The van der Waals surface area contributed by atoms with Crippen molar-refractivity contribution in [3.63, 3.8) is 0 Å². The average Bonchev–Trinajstić information content (AvgIpc) is 3.12. The van der Waals surface area contributed by atoms with Crippen molar-refractivity contribution in [2.24, 2.45) is 0 Å². The van der Waals surface area contributed by atoms with Gasteiger partial charge in [-0.3, -0.25) is 9.10 Å². The van der Waals surface area contributed by atoms with Gasteiger partial charge in [0.05, 0.1) is 17.5 Å². The molecule has 1 aromatic rings. The van der Waals surface area contributed by atoms with Crippen molar-refractivity contribution >= 4 is 27.6 Å². The molecule has 1 amide bonds. The maximum Gasteiger partial charge on any atom is 0.338 e. The van der Waals surface area contributed by atoms with Gasteiger partial charge in [-0.25, -0.2) is 13.2 Å². The van der Waals surface area contributed by atoms with E-state index in [1.54, 1.807) is 19.1 Å². The lowest BCUT2D eigenvalue weighted by Gasteiger charge is -2.17. The number of carbonyl (C=O) groups is 2. The van der Waals surface area contributed by atoms with Crippen molar-refractivity contribution in [2.45, 2.75) is 51.6 Å². The van der Waals surface area contributed by atoms with Crippen LogP contribution in [0.3, 0.4) is 0 Å². The van der Waals surface area contributed by atoms with E-state index in [-0.39, 0.29) is 5.91 Å². The summed E-state index contributed by atoms with van der Waals surface area (Å²) in [5.74, 6) is -0.914. The number of rotatable bonds is 7. The first-order valence-electron chi connectivity index (χ1n) is 10.0. The molecule has 1 aromatic carbocycles. The van der Waals surface area contributed by atoms with Crippen LogP contribution in [0.4, 0.5) is 5.69 Å². The van der Waals surface area contributed by atoms with E-state index in [9.17, 15) is 18.0 Å². The third kappa shape index (κ3) is 5.38. The fraction of sp³-hybridized carbons (Fsp3) is 0.524. The molecule has 8 heteroatoms. The predicted molar refractivity (Wildman–Crippen MR) is 111 cm³/mol. The second-order valence-corrected chi connectivity index (χ2v) is 9.53. The van der Waals surface area contributed by atoms with E-state index in [4.69, 9.17) is 4.74 Å². The van der Waals surface area contributed by atoms with Gasteiger partial charge in [0, 0.05) is 13.1 Å². The van der Waals surface area contributed by atoms with Gasteiger partial charge in [-0.05, 0) is 69.2 Å². The first-order chi connectivity index (χ1) is 13.8. The Balaban J connectivity index is 1.53. The first kappa shape index (κ1) is 21.4. The minimum atomic E-state index is -3.34. The number of nitrogens with one attached hydrogen (secondary N) is 1. The number of allylic oxidation sites excluding steroid dienone is 1.